The maximum Gasteiger partial charge on any atom is 0.151 e. The van der Waals surface area contributed by atoms with E-state index in [4.69, 9.17) is 25.5 Å². The molecule has 72 valence electrons. The largest absolute Gasteiger partial charge is 0.394 e. The Morgan fingerprint density at radius 3 is 1.92 bits per heavy atom. The summed E-state index contributed by atoms with van der Waals surface area (Å²) in [4.78, 5) is 9.90. The molecule has 0 aromatic rings. The average Bonchev–Trinajstić information content (AvgIpc) is 2.12. The summed E-state index contributed by atoms with van der Waals surface area (Å²) in [5.74, 6) is 0. The molecule has 0 rings (SSSR count). The monoisotopic (exact) mass is 180 g/mol. The fraction of sp³-hybridized carbons (Fsp3) is 0.833. The van der Waals surface area contributed by atoms with Gasteiger partial charge in [0.25, 0.3) is 0 Å². The number of carbonyl (C=O) groups excluding carboxylic acids is 1. The van der Waals surface area contributed by atoms with Crippen LogP contribution in [0.4, 0.5) is 0 Å². The third-order valence-corrected chi connectivity index (χ3v) is 1.42. The molecule has 1 unspecified atom stereocenters. The summed E-state index contributed by atoms with van der Waals surface area (Å²) in [6.45, 7) is -0.760. The summed E-state index contributed by atoms with van der Waals surface area (Å²) in [7, 11) is 0. The fourth-order valence-corrected chi connectivity index (χ4v) is 0.618. The van der Waals surface area contributed by atoms with Gasteiger partial charge in [-0.3, -0.25) is 0 Å². The SMILES string of the molecule is O=C[C@@H](O)[C@@H](O)[C@@H](O)C(O)CO. The first-order valence-corrected chi connectivity index (χ1v) is 3.33. The van der Waals surface area contributed by atoms with Gasteiger partial charge in [0.15, 0.2) is 6.29 Å². The first-order valence-electron chi connectivity index (χ1n) is 3.33. The van der Waals surface area contributed by atoms with Crippen LogP contribution in [0.1, 0.15) is 0 Å². The Morgan fingerprint density at radius 2 is 1.58 bits per heavy atom. The van der Waals surface area contributed by atoms with Crippen LogP contribution >= 0.6 is 0 Å². The lowest BCUT2D eigenvalue weighted by molar-refractivity contribution is -0.136. The van der Waals surface area contributed by atoms with Gasteiger partial charge in [-0.2, -0.15) is 0 Å². The molecular formula is C6H12O6. The van der Waals surface area contributed by atoms with Gasteiger partial charge in [-0.15, -0.1) is 0 Å². The van der Waals surface area contributed by atoms with E-state index in [1.54, 1.807) is 0 Å². The Hall–Kier alpha value is -0.530. The zero-order valence-electron chi connectivity index (χ0n) is 6.24. The quantitative estimate of drug-likeness (QED) is 0.282. The fourth-order valence-electron chi connectivity index (χ4n) is 0.618. The standard InChI is InChI=1S/C6H12O6/c7-1-3(9)5(11)6(12)4(10)2-8/h1,3-6,8-12H,2H2/t3-,4?,5-,6+/m1/s1. The molecule has 0 aliphatic heterocycles. The number of aliphatic hydroxyl groups is 5. The molecule has 0 fully saturated rings. The Balaban J connectivity index is 4.07. The molecule has 6 nitrogen and oxygen atoms in total. The lowest BCUT2D eigenvalue weighted by Gasteiger charge is -2.22. The molecule has 0 aromatic heterocycles. The van der Waals surface area contributed by atoms with E-state index in [2.05, 4.69) is 0 Å². The Labute approximate surface area is 68.7 Å². The van der Waals surface area contributed by atoms with Crippen molar-refractivity contribution in [1.29, 1.82) is 0 Å². The smallest absolute Gasteiger partial charge is 0.151 e. The average molecular weight is 180 g/mol. The molecule has 0 radical (unpaired) electrons. The summed E-state index contributed by atoms with van der Waals surface area (Å²) in [5, 5.41) is 43.5. The summed E-state index contributed by atoms with van der Waals surface area (Å²) in [5.41, 5.74) is 0. The molecular weight excluding hydrogens is 168 g/mol. The number of carbonyl (C=O) groups is 1. The van der Waals surface area contributed by atoms with E-state index in [-0.39, 0.29) is 6.29 Å². The van der Waals surface area contributed by atoms with Gasteiger partial charge in [-0.1, -0.05) is 0 Å². The molecule has 12 heavy (non-hydrogen) atoms. The van der Waals surface area contributed by atoms with Gasteiger partial charge in [0.05, 0.1) is 6.61 Å². The van der Waals surface area contributed by atoms with Crippen molar-refractivity contribution < 1.29 is 30.3 Å². The molecule has 0 saturated heterocycles. The van der Waals surface area contributed by atoms with Crippen LogP contribution in [0.2, 0.25) is 0 Å². The first-order chi connectivity index (χ1) is 5.54. The van der Waals surface area contributed by atoms with E-state index in [0.29, 0.717) is 0 Å². The van der Waals surface area contributed by atoms with Crippen molar-refractivity contribution in [3.63, 3.8) is 0 Å². The zero-order chi connectivity index (χ0) is 9.72. The van der Waals surface area contributed by atoms with Crippen LogP contribution in [-0.2, 0) is 4.79 Å². The predicted octanol–water partition coefficient (Wildman–Crippen LogP) is -3.38. The van der Waals surface area contributed by atoms with E-state index >= 15 is 0 Å². The first kappa shape index (κ1) is 11.5. The van der Waals surface area contributed by atoms with Crippen LogP contribution in [0.3, 0.4) is 0 Å². The maximum atomic E-state index is 9.90. The Kier molecular flexibility index (Phi) is 4.95. The molecule has 0 spiro atoms. The second-order valence-electron chi connectivity index (χ2n) is 2.36. The highest BCUT2D eigenvalue weighted by Gasteiger charge is 2.29. The highest BCUT2D eigenvalue weighted by molar-refractivity contribution is 5.56. The van der Waals surface area contributed by atoms with Gasteiger partial charge in [0, 0.05) is 0 Å². The lowest BCUT2D eigenvalue weighted by Crippen LogP contribution is -2.46. The van der Waals surface area contributed by atoms with E-state index in [1.807, 2.05) is 0 Å². The molecule has 0 aromatic carbocycles. The van der Waals surface area contributed by atoms with E-state index < -0.39 is 31.0 Å². The van der Waals surface area contributed by atoms with Crippen LogP contribution in [0, 0.1) is 0 Å². The summed E-state index contributed by atoms with van der Waals surface area (Å²) in [6, 6.07) is 0. The minimum absolute atomic E-state index is 0.0258. The molecule has 0 aliphatic carbocycles. The zero-order valence-corrected chi connectivity index (χ0v) is 6.24. The van der Waals surface area contributed by atoms with E-state index in [0.717, 1.165) is 0 Å². The molecule has 5 N–H and O–H groups in total. The van der Waals surface area contributed by atoms with Crippen molar-refractivity contribution in [1.82, 2.24) is 0 Å². The van der Waals surface area contributed by atoms with Crippen LogP contribution in [0.25, 0.3) is 0 Å². The number of aliphatic hydroxyl groups excluding tert-OH is 5. The van der Waals surface area contributed by atoms with Crippen LogP contribution < -0.4 is 0 Å². The predicted molar refractivity (Wildman–Crippen MR) is 37.2 cm³/mol. The van der Waals surface area contributed by atoms with Gasteiger partial charge in [-0.05, 0) is 0 Å². The molecule has 4 atom stereocenters. The van der Waals surface area contributed by atoms with Crippen molar-refractivity contribution in [2.45, 2.75) is 24.4 Å². The van der Waals surface area contributed by atoms with E-state index in [9.17, 15) is 4.79 Å². The van der Waals surface area contributed by atoms with Gasteiger partial charge in [0.2, 0.25) is 0 Å². The molecule has 0 saturated carbocycles. The molecule has 0 bridgehead atoms. The summed E-state index contributed by atoms with van der Waals surface area (Å²) in [6.07, 6.45) is -6.84. The van der Waals surface area contributed by atoms with Crippen LogP contribution in [-0.4, -0.2) is 62.8 Å². The Morgan fingerprint density at radius 1 is 1.08 bits per heavy atom. The number of aldehydes is 1. The number of rotatable bonds is 5. The minimum atomic E-state index is -1.79. The highest BCUT2D eigenvalue weighted by atomic mass is 16.4. The number of hydrogen-bond donors (Lipinski definition) is 5. The highest BCUT2D eigenvalue weighted by Crippen LogP contribution is 2.02. The molecule has 0 heterocycles. The van der Waals surface area contributed by atoms with Crippen molar-refractivity contribution >= 4 is 6.29 Å². The second kappa shape index (κ2) is 5.18. The normalized spacial score (nSPS) is 21.1. The number of hydrogen-bond acceptors (Lipinski definition) is 6. The third-order valence-electron chi connectivity index (χ3n) is 1.42. The van der Waals surface area contributed by atoms with Crippen LogP contribution in [0.15, 0.2) is 0 Å². The third kappa shape index (κ3) is 2.84. The van der Waals surface area contributed by atoms with Gasteiger partial charge in [-0.25, -0.2) is 0 Å². The Bertz CT molecular complexity index is 138. The summed E-state index contributed by atoms with van der Waals surface area (Å²) < 4.78 is 0. The molecule has 6 heteroatoms. The van der Waals surface area contributed by atoms with Gasteiger partial charge < -0.3 is 30.3 Å². The molecule has 0 amide bonds. The van der Waals surface area contributed by atoms with Crippen molar-refractivity contribution in [2.24, 2.45) is 0 Å². The maximum absolute atomic E-state index is 9.90. The van der Waals surface area contributed by atoms with Crippen LogP contribution in [0.5, 0.6) is 0 Å². The minimum Gasteiger partial charge on any atom is -0.394 e. The topological polar surface area (TPSA) is 118 Å². The second-order valence-corrected chi connectivity index (χ2v) is 2.36. The van der Waals surface area contributed by atoms with Crippen molar-refractivity contribution in [2.75, 3.05) is 6.61 Å². The lowest BCUT2D eigenvalue weighted by atomic mass is 10.0. The molecule has 0 aliphatic rings. The van der Waals surface area contributed by atoms with Gasteiger partial charge in [0.1, 0.15) is 24.4 Å². The van der Waals surface area contributed by atoms with Crippen molar-refractivity contribution in [3.8, 4) is 0 Å². The van der Waals surface area contributed by atoms with E-state index in [1.165, 1.54) is 0 Å². The van der Waals surface area contributed by atoms with Crippen molar-refractivity contribution in [3.05, 3.63) is 0 Å². The summed E-state index contributed by atoms with van der Waals surface area (Å²) >= 11 is 0. The van der Waals surface area contributed by atoms with Gasteiger partial charge >= 0.3 is 0 Å².